The number of unbranched alkanes of at least 4 members (excludes halogenated alkanes) is 1. The third kappa shape index (κ3) is 5.28. The summed E-state index contributed by atoms with van der Waals surface area (Å²) in [6, 6.07) is 4.02. The van der Waals surface area contributed by atoms with E-state index in [9.17, 15) is 8.42 Å². The molecule has 1 fully saturated rings. The summed E-state index contributed by atoms with van der Waals surface area (Å²) in [6.45, 7) is 4.51. The third-order valence-corrected chi connectivity index (χ3v) is 5.42. The van der Waals surface area contributed by atoms with Crippen LogP contribution in [0.2, 0.25) is 0 Å². The molecule has 1 aliphatic heterocycles. The average molecular weight is 311 g/mol. The standard InChI is InChI=1S/C15H25N3O2S/c1-2-3-11-21(19,20)17-12-14-6-9-18(10-7-14)15-5-4-8-16-13-15/h4-5,8,13-14,17H,2-3,6-7,9-12H2,1H3. The van der Waals surface area contributed by atoms with Crippen LogP contribution < -0.4 is 9.62 Å². The van der Waals surface area contributed by atoms with Crippen molar-refractivity contribution in [3.8, 4) is 0 Å². The molecule has 1 N–H and O–H groups in total. The highest BCUT2D eigenvalue weighted by atomic mass is 32.2. The zero-order valence-corrected chi connectivity index (χ0v) is 13.5. The lowest BCUT2D eigenvalue weighted by Crippen LogP contribution is -2.39. The number of sulfonamides is 1. The first kappa shape index (κ1) is 16.2. The van der Waals surface area contributed by atoms with Crippen molar-refractivity contribution in [2.24, 2.45) is 5.92 Å². The fourth-order valence-corrected chi connectivity index (χ4v) is 3.89. The summed E-state index contributed by atoms with van der Waals surface area (Å²) in [5.74, 6) is 0.687. The Morgan fingerprint density at radius 2 is 2.14 bits per heavy atom. The van der Waals surface area contributed by atoms with Gasteiger partial charge in [-0.15, -0.1) is 0 Å². The molecule has 1 aromatic heterocycles. The lowest BCUT2D eigenvalue weighted by atomic mass is 9.97. The molecule has 0 amide bonds. The molecule has 21 heavy (non-hydrogen) atoms. The quantitative estimate of drug-likeness (QED) is 0.837. The summed E-state index contributed by atoms with van der Waals surface area (Å²) in [5.41, 5.74) is 1.15. The van der Waals surface area contributed by atoms with Gasteiger partial charge in [0.15, 0.2) is 0 Å². The first-order valence-corrected chi connectivity index (χ1v) is 9.38. The predicted octanol–water partition coefficient (Wildman–Crippen LogP) is 2.02. The average Bonchev–Trinajstić information content (AvgIpc) is 2.53. The molecule has 0 unspecified atom stereocenters. The van der Waals surface area contributed by atoms with Gasteiger partial charge >= 0.3 is 0 Å². The van der Waals surface area contributed by atoms with E-state index in [4.69, 9.17) is 0 Å². The minimum atomic E-state index is -3.08. The molecular formula is C15H25N3O2S. The minimum absolute atomic E-state index is 0.248. The van der Waals surface area contributed by atoms with Crippen LogP contribution in [0.1, 0.15) is 32.6 Å². The van der Waals surface area contributed by atoms with Crippen LogP contribution in [0.5, 0.6) is 0 Å². The molecule has 0 atom stereocenters. The molecule has 0 radical (unpaired) electrons. The van der Waals surface area contributed by atoms with Crippen molar-refractivity contribution < 1.29 is 8.42 Å². The van der Waals surface area contributed by atoms with E-state index in [1.54, 1.807) is 6.20 Å². The predicted molar refractivity (Wildman–Crippen MR) is 85.9 cm³/mol. The Labute approximate surface area is 127 Å². The summed E-state index contributed by atoms with van der Waals surface area (Å²) in [7, 11) is -3.08. The van der Waals surface area contributed by atoms with Crippen LogP contribution in [0, 0.1) is 5.92 Å². The van der Waals surface area contributed by atoms with E-state index in [0.717, 1.165) is 44.5 Å². The van der Waals surface area contributed by atoms with Crippen LogP contribution in [0.15, 0.2) is 24.5 Å². The SMILES string of the molecule is CCCCS(=O)(=O)NCC1CCN(c2cccnc2)CC1. The Hall–Kier alpha value is -1.14. The summed E-state index contributed by atoms with van der Waals surface area (Å²) < 4.78 is 26.3. The molecule has 0 saturated carbocycles. The highest BCUT2D eigenvalue weighted by Crippen LogP contribution is 2.22. The second-order valence-electron chi connectivity index (χ2n) is 5.66. The van der Waals surface area contributed by atoms with Crippen molar-refractivity contribution in [1.82, 2.24) is 9.71 Å². The second kappa shape index (κ2) is 7.75. The van der Waals surface area contributed by atoms with Crippen LogP contribution >= 0.6 is 0 Å². The van der Waals surface area contributed by atoms with Crippen LogP contribution in [0.4, 0.5) is 5.69 Å². The van der Waals surface area contributed by atoms with Crippen LogP contribution in [-0.2, 0) is 10.0 Å². The highest BCUT2D eigenvalue weighted by Gasteiger charge is 2.21. The normalized spacial score (nSPS) is 17.1. The lowest BCUT2D eigenvalue weighted by Gasteiger charge is -2.33. The van der Waals surface area contributed by atoms with Crippen LogP contribution in [-0.4, -0.2) is 38.8 Å². The summed E-state index contributed by atoms with van der Waals surface area (Å²) >= 11 is 0. The smallest absolute Gasteiger partial charge is 0.211 e. The minimum Gasteiger partial charge on any atom is -0.370 e. The Morgan fingerprint density at radius 1 is 1.38 bits per heavy atom. The maximum atomic E-state index is 11.8. The van der Waals surface area contributed by atoms with Crippen molar-refractivity contribution in [2.45, 2.75) is 32.6 Å². The van der Waals surface area contributed by atoms with E-state index in [0.29, 0.717) is 12.5 Å². The first-order chi connectivity index (χ1) is 10.1. The molecule has 5 nitrogen and oxygen atoms in total. The van der Waals surface area contributed by atoms with Gasteiger partial charge in [0.25, 0.3) is 0 Å². The second-order valence-corrected chi connectivity index (χ2v) is 7.59. The Balaban J connectivity index is 1.74. The van der Waals surface area contributed by atoms with Gasteiger partial charge in [-0.2, -0.15) is 0 Å². The molecule has 0 aromatic carbocycles. The largest absolute Gasteiger partial charge is 0.370 e. The lowest BCUT2D eigenvalue weighted by molar-refractivity contribution is 0.402. The molecule has 1 saturated heterocycles. The maximum Gasteiger partial charge on any atom is 0.211 e. The number of hydrogen-bond donors (Lipinski definition) is 1. The number of rotatable bonds is 7. The number of nitrogens with one attached hydrogen (secondary N) is 1. The third-order valence-electron chi connectivity index (χ3n) is 3.98. The van der Waals surface area contributed by atoms with Gasteiger partial charge in [-0.05, 0) is 37.3 Å². The molecule has 118 valence electrons. The first-order valence-electron chi connectivity index (χ1n) is 7.73. The Morgan fingerprint density at radius 3 is 2.76 bits per heavy atom. The van der Waals surface area contributed by atoms with Crippen molar-refractivity contribution in [2.75, 3.05) is 30.3 Å². The van der Waals surface area contributed by atoms with Gasteiger partial charge in [0, 0.05) is 25.8 Å². The van der Waals surface area contributed by atoms with E-state index < -0.39 is 10.0 Å². The number of pyridine rings is 1. The van der Waals surface area contributed by atoms with Crippen molar-refractivity contribution in [3.63, 3.8) is 0 Å². The van der Waals surface area contributed by atoms with E-state index >= 15 is 0 Å². The summed E-state index contributed by atoms with van der Waals surface area (Å²) in [6.07, 6.45) is 7.34. The molecule has 2 rings (SSSR count). The van der Waals surface area contributed by atoms with Gasteiger partial charge in [-0.1, -0.05) is 13.3 Å². The van der Waals surface area contributed by atoms with E-state index in [2.05, 4.69) is 20.7 Å². The van der Waals surface area contributed by atoms with Gasteiger partial charge in [-0.3, -0.25) is 4.98 Å². The molecule has 0 bridgehead atoms. The number of piperidine rings is 1. The van der Waals surface area contributed by atoms with Gasteiger partial charge in [0.05, 0.1) is 17.6 Å². The monoisotopic (exact) mass is 311 g/mol. The highest BCUT2D eigenvalue weighted by molar-refractivity contribution is 7.89. The fourth-order valence-electron chi connectivity index (χ4n) is 2.59. The molecule has 0 aliphatic carbocycles. The zero-order valence-electron chi connectivity index (χ0n) is 12.7. The molecule has 6 heteroatoms. The maximum absolute atomic E-state index is 11.8. The van der Waals surface area contributed by atoms with Crippen molar-refractivity contribution in [1.29, 1.82) is 0 Å². The molecule has 2 heterocycles. The van der Waals surface area contributed by atoms with Crippen LogP contribution in [0.25, 0.3) is 0 Å². The molecular weight excluding hydrogens is 286 g/mol. The Bertz CT molecular complexity index is 511. The van der Waals surface area contributed by atoms with E-state index in [1.165, 1.54) is 0 Å². The molecule has 1 aliphatic rings. The summed E-state index contributed by atoms with van der Waals surface area (Å²) in [4.78, 5) is 6.46. The Kier molecular flexibility index (Phi) is 5.99. The van der Waals surface area contributed by atoms with Gasteiger partial charge in [0.1, 0.15) is 0 Å². The number of aromatic nitrogens is 1. The topological polar surface area (TPSA) is 62.3 Å². The van der Waals surface area contributed by atoms with Crippen molar-refractivity contribution in [3.05, 3.63) is 24.5 Å². The van der Waals surface area contributed by atoms with Crippen LogP contribution in [0.3, 0.4) is 0 Å². The number of nitrogens with zero attached hydrogens (tertiary/aromatic N) is 2. The number of anilines is 1. The molecule has 0 spiro atoms. The molecule has 1 aromatic rings. The van der Waals surface area contributed by atoms with E-state index in [-0.39, 0.29) is 5.75 Å². The summed E-state index contributed by atoms with van der Waals surface area (Å²) in [5, 5.41) is 0. The van der Waals surface area contributed by atoms with Crippen molar-refractivity contribution >= 4 is 15.7 Å². The number of hydrogen-bond acceptors (Lipinski definition) is 4. The van der Waals surface area contributed by atoms with Gasteiger partial charge in [0.2, 0.25) is 10.0 Å². The van der Waals surface area contributed by atoms with Gasteiger partial charge < -0.3 is 4.90 Å². The zero-order chi connectivity index (χ0) is 15.1. The van der Waals surface area contributed by atoms with E-state index in [1.807, 2.05) is 19.2 Å². The van der Waals surface area contributed by atoms with Gasteiger partial charge in [-0.25, -0.2) is 13.1 Å². The fraction of sp³-hybridized carbons (Fsp3) is 0.667.